The Kier molecular flexibility index (Phi) is 4.38. The van der Waals surface area contributed by atoms with Gasteiger partial charge in [0.05, 0.1) is 5.56 Å². The number of rotatable bonds is 4. The van der Waals surface area contributed by atoms with Crippen LogP contribution in [0.15, 0.2) is 48.5 Å². The van der Waals surface area contributed by atoms with E-state index in [-0.39, 0.29) is 17.2 Å². The zero-order valence-corrected chi connectivity index (χ0v) is 11.1. The van der Waals surface area contributed by atoms with Gasteiger partial charge in [-0.25, -0.2) is 9.59 Å². The van der Waals surface area contributed by atoms with E-state index in [4.69, 9.17) is 21.4 Å². The van der Waals surface area contributed by atoms with Gasteiger partial charge < -0.3 is 9.84 Å². The summed E-state index contributed by atoms with van der Waals surface area (Å²) in [4.78, 5) is 23.1. The molecule has 0 saturated heterocycles. The lowest BCUT2D eigenvalue weighted by atomic mass is 10.1. The SMILES string of the molecule is O=C(Oc1ccc(CCl)cc1C(=O)O)c1ccccc1. The van der Waals surface area contributed by atoms with Crippen molar-refractivity contribution in [2.24, 2.45) is 0 Å². The number of carboxylic acid groups (broad SMARTS) is 1. The lowest BCUT2D eigenvalue weighted by Crippen LogP contribution is -2.11. The standard InChI is InChI=1S/C15H11ClO4/c16-9-10-6-7-13(12(8-10)14(17)18)20-15(19)11-4-2-1-3-5-11/h1-8H,9H2,(H,17,18). The highest BCUT2D eigenvalue weighted by Gasteiger charge is 2.16. The number of halogens is 1. The molecular formula is C15H11ClO4. The molecule has 0 radical (unpaired) electrons. The van der Waals surface area contributed by atoms with E-state index in [1.165, 1.54) is 12.1 Å². The normalized spacial score (nSPS) is 10.1. The summed E-state index contributed by atoms with van der Waals surface area (Å²) in [5.74, 6) is -1.59. The monoisotopic (exact) mass is 290 g/mol. The highest BCUT2D eigenvalue weighted by atomic mass is 35.5. The van der Waals surface area contributed by atoms with Crippen LogP contribution in [0.4, 0.5) is 0 Å². The summed E-state index contributed by atoms with van der Waals surface area (Å²) in [5.41, 5.74) is 0.904. The average Bonchev–Trinajstić information content (AvgIpc) is 2.48. The zero-order chi connectivity index (χ0) is 14.5. The summed E-state index contributed by atoms with van der Waals surface area (Å²) < 4.78 is 5.13. The van der Waals surface area contributed by atoms with Crippen molar-refractivity contribution in [2.45, 2.75) is 5.88 Å². The van der Waals surface area contributed by atoms with Crippen LogP contribution >= 0.6 is 11.6 Å². The van der Waals surface area contributed by atoms with Crippen LogP contribution in [0.25, 0.3) is 0 Å². The van der Waals surface area contributed by atoms with Crippen molar-refractivity contribution in [1.82, 2.24) is 0 Å². The van der Waals surface area contributed by atoms with Gasteiger partial charge in [-0.15, -0.1) is 11.6 Å². The van der Waals surface area contributed by atoms with Crippen molar-refractivity contribution in [3.8, 4) is 5.75 Å². The molecule has 102 valence electrons. The van der Waals surface area contributed by atoms with E-state index in [2.05, 4.69) is 0 Å². The number of esters is 1. The van der Waals surface area contributed by atoms with E-state index in [1.54, 1.807) is 36.4 Å². The lowest BCUT2D eigenvalue weighted by molar-refractivity contribution is 0.0681. The molecule has 0 bridgehead atoms. The van der Waals surface area contributed by atoms with Gasteiger partial charge in [0.1, 0.15) is 11.3 Å². The molecule has 2 aromatic carbocycles. The second-order valence-electron chi connectivity index (χ2n) is 4.02. The van der Waals surface area contributed by atoms with Crippen molar-refractivity contribution in [3.05, 3.63) is 65.2 Å². The second-order valence-corrected chi connectivity index (χ2v) is 4.29. The van der Waals surface area contributed by atoms with Gasteiger partial charge in [-0.1, -0.05) is 24.3 Å². The maximum absolute atomic E-state index is 11.9. The molecule has 4 nitrogen and oxygen atoms in total. The van der Waals surface area contributed by atoms with E-state index in [9.17, 15) is 9.59 Å². The highest BCUT2D eigenvalue weighted by Crippen LogP contribution is 2.22. The molecule has 0 fully saturated rings. The number of alkyl halides is 1. The molecule has 1 N–H and O–H groups in total. The van der Waals surface area contributed by atoms with E-state index < -0.39 is 11.9 Å². The largest absolute Gasteiger partial charge is 0.478 e. The molecule has 0 aliphatic heterocycles. The Balaban J connectivity index is 2.29. The van der Waals surface area contributed by atoms with E-state index in [0.29, 0.717) is 11.1 Å². The van der Waals surface area contributed by atoms with Crippen LogP contribution in [0, 0.1) is 0 Å². The first kappa shape index (κ1) is 14.1. The number of carboxylic acids is 1. The maximum Gasteiger partial charge on any atom is 0.343 e. The molecule has 0 aliphatic carbocycles. The third-order valence-corrected chi connectivity index (χ3v) is 2.95. The lowest BCUT2D eigenvalue weighted by Gasteiger charge is -2.08. The number of benzene rings is 2. The summed E-state index contributed by atoms with van der Waals surface area (Å²) in [5, 5.41) is 9.13. The Morgan fingerprint density at radius 1 is 1.10 bits per heavy atom. The second kappa shape index (κ2) is 6.21. The fourth-order valence-electron chi connectivity index (χ4n) is 1.65. The molecule has 0 unspecified atom stereocenters. The Morgan fingerprint density at radius 2 is 1.80 bits per heavy atom. The number of hydrogen-bond acceptors (Lipinski definition) is 3. The predicted molar refractivity (Wildman–Crippen MR) is 74.4 cm³/mol. The van der Waals surface area contributed by atoms with Gasteiger partial charge in [0, 0.05) is 5.88 Å². The molecule has 0 aromatic heterocycles. The minimum absolute atomic E-state index is 0.000203. The van der Waals surface area contributed by atoms with E-state index >= 15 is 0 Å². The van der Waals surface area contributed by atoms with Crippen molar-refractivity contribution in [3.63, 3.8) is 0 Å². The van der Waals surface area contributed by atoms with Crippen molar-refractivity contribution >= 4 is 23.5 Å². The smallest absolute Gasteiger partial charge is 0.343 e. The van der Waals surface area contributed by atoms with Gasteiger partial charge in [0.15, 0.2) is 0 Å². The summed E-state index contributed by atoms with van der Waals surface area (Å²) in [7, 11) is 0. The van der Waals surface area contributed by atoms with Crippen LogP contribution in [0.1, 0.15) is 26.3 Å². The summed E-state index contributed by atoms with van der Waals surface area (Å²) >= 11 is 5.66. The Morgan fingerprint density at radius 3 is 2.40 bits per heavy atom. The Labute approximate surface area is 120 Å². The minimum Gasteiger partial charge on any atom is -0.478 e. The summed E-state index contributed by atoms with van der Waals surface area (Å²) in [6.45, 7) is 0. The minimum atomic E-state index is -1.17. The van der Waals surface area contributed by atoms with Crippen LogP contribution in [-0.2, 0) is 5.88 Å². The van der Waals surface area contributed by atoms with Gasteiger partial charge in [0.2, 0.25) is 0 Å². The third kappa shape index (κ3) is 3.16. The molecule has 20 heavy (non-hydrogen) atoms. The number of hydrogen-bond donors (Lipinski definition) is 1. The fraction of sp³-hybridized carbons (Fsp3) is 0.0667. The number of aromatic carboxylic acids is 1. The zero-order valence-electron chi connectivity index (χ0n) is 10.4. The molecule has 0 aliphatic rings. The Bertz CT molecular complexity index is 638. The number of carbonyl (C=O) groups excluding carboxylic acids is 1. The fourth-order valence-corrected chi connectivity index (χ4v) is 1.82. The van der Waals surface area contributed by atoms with Gasteiger partial charge in [-0.3, -0.25) is 0 Å². The van der Waals surface area contributed by atoms with Gasteiger partial charge in [-0.05, 0) is 29.8 Å². The van der Waals surface area contributed by atoms with Crippen LogP contribution < -0.4 is 4.74 Å². The van der Waals surface area contributed by atoms with Gasteiger partial charge >= 0.3 is 11.9 Å². The van der Waals surface area contributed by atoms with Crippen molar-refractivity contribution in [1.29, 1.82) is 0 Å². The van der Waals surface area contributed by atoms with Gasteiger partial charge in [-0.2, -0.15) is 0 Å². The number of carbonyl (C=O) groups is 2. The van der Waals surface area contributed by atoms with Gasteiger partial charge in [0.25, 0.3) is 0 Å². The van der Waals surface area contributed by atoms with E-state index in [0.717, 1.165) is 0 Å². The third-order valence-electron chi connectivity index (χ3n) is 2.64. The quantitative estimate of drug-likeness (QED) is 0.533. The molecule has 2 aromatic rings. The molecule has 5 heteroatoms. The molecular weight excluding hydrogens is 280 g/mol. The molecule has 0 spiro atoms. The first-order valence-electron chi connectivity index (χ1n) is 5.81. The van der Waals surface area contributed by atoms with Crippen LogP contribution in [0.3, 0.4) is 0 Å². The maximum atomic E-state index is 11.9. The predicted octanol–water partition coefficient (Wildman–Crippen LogP) is 3.34. The molecule has 0 saturated carbocycles. The molecule has 0 atom stereocenters. The first-order chi connectivity index (χ1) is 9.61. The summed E-state index contributed by atoms with van der Waals surface area (Å²) in [6, 6.07) is 12.8. The van der Waals surface area contributed by atoms with Crippen molar-refractivity contribution in [2.75, 3.05) is 0 Å². The first-order valence-corrected chi connectivity index (χ1v) is 6.34. The number of ether oxygens (including phenoxy) is 1. The Hall–Kier alpha value is -2.33. The molecule has 0 amide bonds. The van der Waals surface area contributed by atoms with Crippen LogP contribution in [0.2, 0.25) is 0 Å². The van der Waals surface area contributed by atoms with Crippen LogP contribution in [0.5, 0.6) is 5.75 Å². The highest BCUT2D eigenvalue weighted by molar-refractivity contribution is 6.17. The van der Waals surface area contributed by atoms with Crippen LogP contribution in [-0.4, -0.2) is 17.0 Å². The average molecular weight is 291 g/mol. The molecule has 0 heterocycles. The topological polar surface area (TPSA) is 63.6 Å². The van der Waals surface area contributed by atoms with E-state index in [1.807, 2.05) is 0 Å². The summed E-state index contributed by atoms with van der Waals surface area (Å²) in [6.07, 6.45) is 0. The molecule has 2 rings (SSSR count). The van der Waals surface area contributed by atoms with Crippen molar-refractivity contribution < 1.29 is 19.4 Å².